The van der Waals surface area contributed by atoms with Crippen molar-refractivity contribution in [3.63, 3.8) is 0 Å². The van der Waals surface area contributed by atoms with Gasteiger partial charge in [-0.3, -0.25) is 0 Å². The van der Waals surface area contributed by atoms with Gasteiger partial charge in [0.15, 0.2) is 17.5 Å². The van der Waals surface area contributed by atoms with Crippen LogP contribution in [0.3, 0.4) is 0 Å². The molecule has 0 radical (unpaired) electrons. The molecule has 0 amide bonds. The summed E-state index contributed by atoms with van der Waals surface area (Å²) in [5.41, 5.74) is -9.34. The van der Waals surface area contributed by atoms with Crippen LogP contribution in [-0.4, -0.2) is 22.5 Å². The Hall–Kier alpha value is -1.18. The number of aliphatic hydroxyl groups excluding tert-OH is 2. The van der Waals surface area contributed by atoms with Crippen molar-refractivity contribution in [3.05, 3.63) is 34.1 Å². The third-order valence-corrected chi connectivity index (χ3v) is 3.46. The van der Waals surface area contributed by atoms with E-state index in [2.05, 4.69) is 0 Å². The summed E-state index contributed by atoms with van der Waals surface area (Å²) in [5.74, 6) is -13.5. The van der Waals surface area contributed by atoms with E-state index in [0.717, 1.165) is 0 Å². The number of aliphatic hydroxyl groups is 2. The summed E-state index contributed by atoms with van der Waals surface area (Å²) in [7, 11) is 0. The van der Waals surface area contributed by atoms with Crippen LogP contribution in [0.5, 0.6) is 0 Å². The van der Waals surface area contributed by atoms with Gasteiger partial charge >= 0.3 is 18.5 Å². The molecular formula is C13H8F12FeO2. The Bertz CT molecular complexity index is 708. The van der Waals surface area contributed by atoms with Crippen molar-refractivity contribution in [2.24, 2.45) is 5.92 Å². The predicted octanol–water partition coefficient (Wildman–Crippen LogP) is 4.73. The van der Waals surface area contributed by atoms with Crippen LogP contribution < -0.4 is 0 Å². The minimum Gasteiger partial charge on any atom is -0.393 e. The van der Waals surface area contributed by atoms with Gasteiger partial charge in [0.05, 0.1) is 12.2 Å². The second kappa shape index (κ2) is 8.28. The number of benzene rings is 1. The van der Waals surface area contributed by atoms with Crippen molar-refractivity contribution < 1.29 is 80.0 Å². The zero-order valence-electron chi connectivity index (χ0n) is 13.0. The van der Waals surface area contributed by atoms with E-state index < -0.39 is 70.8 Å². The molecule has 0 aliphatic heterocycles. The second-order valence-corrected chi connectivity index (χ2v) is 5.35. The van der Waals surface area contributed by atoms with E-state index in [-0.39, 0.29) is 17.1 Å². The van der Waals surface area contributed by atoms with E-state index in [0.29, 0.717) is 6.92 Å². The molecule has 28 heavy (non-hydrogen) atoms. The molecule has 1 aromatic carbocycles. The van der Waals surface area contributed by atoms with Gasteiger partial charge in [-0.2, -0.15) is 39.5 Å². The van der Waals surface area contributed by atoms with E-state index >= 15 is 0 Å². The first-order chi connectivity index (χ1) is 11.8. The first-order valence-electron chi connectivity index (χ1n) is 6.61. The molecule has 0 spiro atoms. The zero-order chi connectivity index (χ0) is 21.7. The Morgan fingerprint density at radius 3 is 1.36 bits per heavy atom. The van der Waals surface area contributed by atoms with E-state index in [1.807, 2.05) is 0 Å². The molecule has 2 N–H and O–H groups in total. The number of hydrogen-bond donors (Lipinski definition) is 2. The van der Waals surface area contributed by atoms with E-state index in [1.54, 1.807) is 0 Å². The third kappa shape index (κ3) is 5.05. The molecule has 15 heteroatoms. The maximum Gasteiger partial charge on any atom is 0.422 e. The van der Waals surface area contributed by atoms with Crippen LogP contribution in [0, 0.1) is 23.4 Å². The van der Waals surface area contributed by atoms with Crippen LogP contribution in [0.2, 0.25) is 0 Å². The van der Waals surface area contributed by atoms with Crippen molar-refractivity contribution in [1.29, 1.82) is 0 Å². The molecule has 2 nitrogen and oxygen atoms in total. The number of halogens is 12. The summed E-state index contributed by atoms with van der Waals surface area (Å²) in [4.78, 5) is 0. The van der Waals surface area contributed by atoms with Crippen molar-refractivity contribution in [1.82, 2.24) is 0 Å². The average Bonchev–Trinajstić information content (AvgIpc) is 2.37. The molecule has 0 fully saturated rings. The van der Waals surface area contributed by atoms with Crippen LogP contribution in [0.1, 0.15) is 29.7 Å². The van der Waals surface area contributed by atoms with Crippen molar-refractivity contribution >= 4 is 0 Å². The maximum atomic E-state index is 13.9. The summed E-state index contributed by atoms with van der Waals surface area (Å²) >= 11 is 0. The van der Waals surface area contributed by atoms with E-state index in [1.165, 1.54) is 0 Å². The first kappa shape index (κ1) is 26.8. The van der Waals surface area contributed by atoms with Gasteiger partial charge in [-0.25, -0.2) is 13.2 Å². The summed E-state index contributed by atoms with van der Waals surface area (Å²) in [5, 5.41) is 18.6. The van der Waals surface area contributed by atoms with E-state index in [9.17, 15) is 57.8 Å². The van der Waals surface area contributed by atoms with Crippen LogP contribution in [0.4, 0.5) is 52.7 Å². The minimum atomic E-state index is -6.25. The van der Waals surface area contributed by atoms with Gasteiger partial charge in [0.1, 0.15) is 17.0 Å². The fourth-order valence-corrected chi connectivity index (χ4v) is 2.38. The smallest absolute Gasteiger partial charge is 0.393 e. The molecular weight excluding hydrogens is 472 g/mol. The molecule has 0 aliphatic carbocycles. The third-order valence-electron chi connectivity index (χ3n) is 3.46. The van der Waals surface area contributed by atoms with Crippen LogP contribution in [0.15, 0.2) is 0 Å². The molecule has 3 unspecified atom stereocenters. The molecule has 1 rings (SSSR count). The molecule has 1 aromatic rings. The Kier molecular flexibility index (Phi) is 7.93. The summed E-state index contributed by atoms with van der Waals surface area (Å²) < 4.78 is 156. The average molecular weight is 480 g/mol. The second-order valence-electron chi connectivity index (χ2n) is 5.35. The van der Waals surface area contributed by atoms with Gasteiger partial charge in [-0.15, -0.1) is 0 Å². The molecule has 0 saturated heterocycles. The molecule has 0 heterocycles. The monoisotopic (exact) mass is 480 g/mol. The van der Waals surface area contributed by atoms with E-state index in [4.69, 9.17) is 5.11 Å². The number of alkyl halides is 9. The molecule has 3 atom stereocenters. The Labute approximate surface area is 158 Å². The summed E-state index contributed by atoms with van der Waals surface area (Å²) in [6.45, 7) is 0.309. The quantitative estimate of drug-likeness (QED) is 0.374. The Morgan fingerprint density at radius 2 is 1.07 bits per heavy atom. The van der Waals surface area contributed by atoms with Crippen molar-refractivity contribution in [2.45, 2.75) is 37.7 Å². The number of hydrogen-bond acceptors (Lipinski definition) is 2. The Balaban J connectivity index is 0.00000729. The topological polar surface area (TPSA) is 40.5 Å². The fraction of sp³-hybridized carbons (Fsp3) is 0.538. The molecule has 0 saturated carbocycles. The molecule has 164 valence electrons. The number of rotatable bonds is 3. The van der Waals surface area contributed by atoms with Crippen LogP contribution >= 0.6 is 0 Å². The van der Waals surface area contributed by atoms with Gasteiger partial charge in [0.2, 0.25) is 0 Å². The van der Waals surface area contributed by atoms with Crippen molar-refractivity contribution in [2.75, 3.05) is 0 Å². The van der Waals surface area contributed by atoms with Crippen LogP contribution in [-0.2, 0) is 29.4 Å². The van der Waals surface area contributed by atoms with Crippen LogP contribution in [0.25, 0.3) is 0 Å². The van der Waals surface area contributed by atoms with Crippen molar-refractivity contribution in [3.8, 4) is 0 Å². The molecule has 0 aliphatic rings. The van der Waals surface area contributed by atoms with Gasteiger partial charge in [0.25, 0.3) is 0 Å². The van der Waals surface area contributed by atoms with Gasteiger partial charge in [-0.05, 0) is 6.92 Å². The van der Waals surface area contributed by atoms with Gasteiger partial charge in [0, 0.05) is 22.6 Å². The largest absolute Gasteiger partial charge is 0.422 e. The predicted molar refractivity (Wildman–Crippen MR) is 62.5 cm³/mol. The van der Waals surface area contributed by atoms with Gasteiger partial charge in [-0.1, -0.05) is 0 Å². The van der Waals surface area contributed by atoms with Gasteiger partial charge < -0.3 is 10.2 Å². The summed E-state index contributed by atoms with van der Waals surface area (Å²) in [6.07, 6.45) is -24.6. The normalized spacial score (nSPS) is 16.4. The molecule has 0 bridgehead atoms. The zero-order valence-corrected chi connectivity index (χ0v) is 14.1. The Morgan fingerprint density at radius 1 is 0.679 bits per heavy atom. The summed E-state index contributed by atoms with van der Waals surface area (Å²) in [6, 6.07) is 0. The SMILES string of the molecule is CC(O)C(C(O)c1c(F)c(F)c(C(F)(F)F)c(F)c1C(F)(F)F)C(F)(F)F.[Fe]. The fourth-order valence-electron chi connectivity index (χ4n) is 2.38. The maximum absolute atomic E-state index is 13.9. The molecule has 0 aromatic heterocycles. The standard InChI is InChI=1S/C13H8F12O2.Fe/c1-2(26)4(11(17,18)19)10(27)3-5(12(20,21)22)8(15)6(13(23,24)25)9(16)7(3)14;/h2,4,10,26-27H,1H3;. The minimum absolute atomic E-state index is 0. The first-order valence-corrected chi connectivity index (χ1v) is 6.61.